The molecule has 4 heteroatoms. The molecule has 18 heavy (non-hydrogen) atoms. The highest BCUT2D eigenvalue weighted by Crippen LogP contribution is 2.26. The van der Waals surface area contributed by atoms with E-state index in [-0.39, 0.29) is 10.8 Å². The molecular weight excluding hydrogens is 250 g/mol. The Kier molecular flexibility index (Phi) is 3.61. The molecule has 0 aliphatic heterocycles. The number of hydrogen-bond acceptors (Lipinski definition) is 3. The number of halogens is 1. The molecule has 0 N–H and O–H groups in total. The fourth-order valence-electron chi connectivity index (χ4n) is 1.39. The van der Waals surface area contributed by atoms with Gasteiger partial charge in [0.15, 0.2) is 0 Å². The minimum Gasteiger partial charge on any atom is -0.421 e. The molecule has 2 rings (SSSR count). The maximum Gasteiger partial charge on any atom is 0.343 e. The lowest BCUT2D eigenvalue weighted by Crippen LogP contribution is -2.08. The highest BCUT2D eigenvalue weighted by molar-refractivity contribution is 6.32. The number of carbonyl (C=O) groups is 1. The first-order chi connectivity index (χ1) is 8.70. The first-order valence-electron chi connectivity index (χ1n) is 5.17. The average molecular weight is 258 g/mol. The summed E-state index contributed by atoms with van der Waals surface area (Å²) in [5.74, 6) is -0.244. The van der Waals surface area contributed by atoms with Crippen LogP contribution in [0.2, 0.25) is 5.02 Å². The van der Waals surface area contributed by atoms with Crippen LogP contribution < -0.4 is 4.74 Å². The zero-order valence-electron chi connectivity index (χ0n) is 9.26. The van der Waals surface area contributed by atoms with Crippen LogP contribution in [0.4, 0.5) is 0 Å². The highest BCUT2D eigenvalue weighted by atomic mass is 35.5. The van der Waals surface area contributed by atoms with Gasteiger partial charge in [0.2, 0.25) is 0 Å². The molecule has 0 radical (unpaired) electrons. The first kappa shape index (κ1) is 12.2. The molecular formula is C14H8ClNO2. The van der Waals surface area contributed by atoms with E-state index in [0.717, 1.165) is 0 Å². The molecule has 0 saturated carbocycles. The van der Waals surface area contributed by atoms with Gasteiger partial charge in [0.25, 0.3) is 0 Å². The number of nitriles is 1. The normalized spacial score (nSPS) is 9.56. The summed E-state index contributed by atoms with van der Waals surface area (Å²) in [7, 11) is 0. The Morgan fingerprint density at radius 1 is 1.17 bits per heavy atom. The third-order valence-corrected chi connectivity index (χ3v) is 2.57. The van der Waals surface area contributed by atoms with Gasteiger partial charge in [0.05, 0.1) is 22.2 Å². The van der Waals surface area contributed by atoms with Crippen LogP contribution >= 0.6 is 11.6 Å². The van der Waals surface area contributed by atoms with Gasteiger partial charge >= 0.3 is 5.97 Å². The summed E-state index contributed by atoms with van der Waals surface area (Å²) >= 11 is 5.91. The van der Waals surface area contributed by atoms with Crippen molar-refractivity contribution in [2.45, 2.75) is 0 Å². The highest BCUT2D eigenvalue weighted by Gasteiger charge is 2.10. The van der Waals surface area contributed by atoms with Crippen molar-refractivity contribution >= 4 is 17.6 Å². The van der Waals surface area contributed by atoms with Gasteiger partial charge in [0, 0.05) is 0 Å². The molecule has 0 fully saturated rings. The second kappa shape index (κ2) is 5.35. The number of ether oxygens (including phenoxy) is 1. The standard InChI is InChI=1S/C14H8ClNO2/c15-12-8-10(9-16)6-7-13(12)18-14(17)11-4-2-1-3-5-11/h1-8H. The molecule has 0 atom stereocenters. The van der Waals surface area contributed by atoms with Crippen LogP contribution in [-0.2, 0) is 0 Å². The quantitative estimate of drug-likeness (QED) is 0.612. The molecule has 88 valence electrons. The molecule has 2 aromatic rings. The van der Waals surface area contributed by atoms with Gasteiger partial charge in [0.1, 0.15) is 5.75 Å². The van der Waals surface area contributed by atoms with Crippen molar-refractivity contribution in [2.75, 3.05) is 0 Å². The SMILES string of the molecule is N#Cc1ccc(OC(=O)c2ccccc2)c(Cl)c1. The van der Waals surface area contributed by atoms with Crippen molar-refractivity contribution in [3.8, 4) is 11.8 Å². The van der Waals surface area contributed by atoms with Crippen LogP contribution in [-0.4, -0.2) is 5.97 Å². The second-order valence-electron chi connectivity index (χ2n) is 3.51. The Morgan fingerprint density at radius 2 is 1.89 bits per heavy atom. The molecule has 0 saturated heterocycles. The average Bonchev–Trinajstić information content (AvgIpc) is 2.42. The fraction of sp³-hybridized carbons (Fsp3) is 0. The lowest BCUT2D eigenvalue weighted by molar-refractivity contribution is 0.0735. The van der Waals surface area contributed by atoms with E-state index in [0.29, 0.717) is 11.1 Å². The number of carbonyl (C=O) groups excluding carboxylic acids is 1. The van der Waals surface area contributed by atoms with Crippen molar-refractivity contribution in [3.05, 3.63) is 64.7 Å². The largest absolute Gasteiger partial charge is 0.421 e. The van der Waals surface area contributed by atoms with E-state index in [4.69, 9.17) is 21.6 Å². The molecule has 3 nitrogen and oxygen atoms in total. The van der Waals surface area contributed by atoms with Gasteiger partial charge in [-0.2, -0.15) is 5.26 Å². The minimum atomic E-state index is -0.484. The molecule has 0 aromatic heterocycles. The third-order valence-electron chi connectivity index (χ3n) is 2.27. The van der Waals surface area contributed by atoms with Crippen molar-refractivity contribution in [1.82, 2.24) is 0 Å². The van der Waals surface area contributed by atoms with E-state index in [9.17, 15) is 4.79 Å². The lowest BCUT2D eigenvalue weighted by atomic mass is 10.2. The molecule has 0 aliphatic rings. The van der Waals surface area contributed by atoms with E-state index in [1.54, 1.807) is 30.3 Å². The molecule has 0 unspecified atom stereocenters. The van der Waals surface area contributed by atoms with E-state index in [1.807, 2.05) is 12.1 Å². The summed E-state index contributed by atoms with van der Waals surface area (Å²) in [6.07, 6.45) is 0. The summed E-state index contributed by atoms with van der Waals surface area (Å²) in [5, 5.41) is 8.93. The van der Waals surface area contributed by atoms with Crippen LogP contribution in [0, 0.1) is 11.3 Å². The zero-order chi connectivity index (χ0) is 13.0. The van der Waals surface area contributed by atoms with Crippen LogP contribution in [0.1, 0.15) is 15.9 Å². The summed E-state index contributed by atoms with van der Waals surface area (Å²) in [6, 6.07) is 15.1. The predicted molar refractivity (Wildman–Crippen MR) is 67.6 cm³/mol. The molecule has 0 amide bonds. The maximum absolute atomic E-state index is 11.8. The van der Waals surface area contributed by atoms with Crippen molar-refractivity contribution in [2.24, 2.45) is 0 Å². The minimum absolute atomic E-state index is 0.235. The third kappa shape index (κ3) is 2.68. The van der Waals surface area contributed by atoms with E-state index < -0.39 is 5.97 Å². The van der Waals surface area contributed by atoms with Crippen LogP contribution in [0.15, 0.2) is 48.5 Å². The number of nitrogens with zero attached hydrogens (tertiary/aromatic N) is 1. The molecule has 0 spiro atoms. The number of benzene rings is 2. The number of hydrogen-bond donors (Lipinski definition) is 0. The lowest BCUT2D eigenvalue weighted by Gasteiger charge is -2.06. The Hall–Kier alpha value is -2.31. The van der Waals surface area contributed by atoms with Gasteiger partial charge in [-0.25, -0.2) is 4.79 Å². The topological polar surface area (TPSA) is 50.1 Å². The van der Waals surface area contributed by atoms with E-state index >= 15 is 0 Å². The van der Waals surface area contributed by atoms with E-state index in [2.05, 4.69) is 0 Å². The van der Waals surface area contributed by atoms with Gasteiger partial charge in [-0.15, -0.1) is 0 Å². The second-order valence-corrected chi connectivity index (χ2v) is 3.92. The van der Waals surface area contributed by atoms with Crippen LogP contribution in [0.3, 0.4) is 0 Å². The molecule has 2 aromatic carbocycles. The summed E-state index contributed by atoms with van der Waals surface area (Å²) in [6.45, 7) is 0. The summed E-state index contributed by atoms with van der Waals surface area (Å²) in [5.41, 5.74) is 0.859. The Bertz CT molecular complexity index is 617. The summed E-state index contributed by atoms with van der Waals surface area (Å²) < 4.78 is 5.15. The van der Waals surface area contributed by atoms with Gasteiger partial charge in [-0.3, -0.25) is 0 Å². The monoisotopic (exact) mass is 257 g/mol. The summed E-state index contributed by atoms with van der Waals surface area (Å²) in [4.78, 5) is 11.8. The molecule has 0 bridgehead atoms. The van der Waals surface area contributed by atoms with Crippen LogP contribution in [0.5, 0.6) is 5.75 Å². The van der Waals surface area contributed by atoms with E-state index in [1.165, 1.54) is 12.1 Å². The van der Waals surface area contributed by atoms with Crippen LogP contribution in [0.25, 0.3) is 0 Å². The maximum atomic E-state index is 11.8. The fourth-order valence-corrected chi connectivity index (χ4v) is 1.61. The smallest absolute Gasteiger partial charge is 0.343 e. The van der Waals surface area contributed by atoms with Gasteiger partial charge in [-0.05, 0) is 30.3 Å². The van der Waals surface area contributed by atoms with Crippen molar-refractivity contribution in [3.63, 3.8) is 0 Å². The van der Waals surface area contributed by atoms with Crippen molar-refractivity contribution in [1.29, 1.82) is 5.26 Å². The molecule has 0 aliphatic carbocycles. The zero-order valence-corrected chi connectivity index (χ0v) is 10.0. The Balaban J connectivity index is 2.20. The van der Waals surface area contributed by atoms with Crippen molar-refractivity contribution < 1.29 is 9.53 Å². The Morgan fingerprint density at radius 3 is 2.50 bits per heavy atom. The molecule has 0 heterocycles. The predicted octanol–water partition coefficient (Wildman–Crippen LogP) is 3.43. The first-order valence-corrected chi connectivity index (χ1v) is 5.55. The Labute approximate surface area is 109 Å². The van der Waals surface area contributed by atoms with Gasteiger partial charge < -0.3 is 4.74 Å². The van der Waals surface area contributed by atoms with Gasteiger partial charge in [-0.1, -0.05) is 29.8 Å². The number of esters is 1. The number of rotatable bonds is 2.